The summed E-state index contributed by atoms with van der Waals surface area (Å²) in [5.74, 6) is -0.388. The van der Waals surface area contributed by atoms with Crippen LogP contribution in [0.1, 0.15) is 19.5 Å². The summed E-state index contributed by atoms with van der Waals surface area (Å²) in [4.78, 5) is 15.2. The minimum Gasteiger partial charge on any atom is -0.381 e. The van der Waals surface area contributed by atoms with Crippen molar-refractivity contribution in [1.29, 1.82) is 0 Å². The highest BCUT2D eigenvalue weighted by atomic mass is 32.1. The molecular weight excluding hydrogens is 188 g/mol. The molecule has 2 N–H and O–H groups in total. The summed E-state index contributed by atoms with van der Waals surface area (Å²) in [6.07, 6.45) is 0. The van der Waals surface area contributed by atoms with Crippen molar-refractivity contribution < 1.29 is 9.90 Å². The molecule has 13 heavy (non-hydrogen) atoms. The highest BCUT2D eigenvalue weighted by Gasteiger charge is 2.22. The molecule has 0 fully saturated rings. The second-order valence-corrected chi connectivity index (χ2v) is 3.94. The number of carbonyl (C=O) groups excluding carboxylic acids is 1. The molecule has 0 bridgehead atoms. The van der Waals surface area contributed by atoms with E-state index in [4.69, 9.17) is 0 Å². The zero-order valence-electron chi connectivity index (χ0n) is 7.57. The summed E-state index contributed by atoms with van der Waals surface area (Å²) in [6.45, 7) is 3.26. The first-order valence-electron chi connectivity index (χ1n) is 3.88. The van der Waals surface area contributed by atoms with Crippen molar-refractivity contribution >= 4 is 17.2 Å². The van der Waals surface area contributed by atoms with Crippen LogP contribution in [0.25, 0.3) is 0 Å². The fourth-order valence-corrected chi connectivity index (χ4v) is 1.27. The van der Waals surface area contributed by atoms with Crippen LogP contribution in [0.4, 0.5) is 0 Å². The Kier molecular flexibility index (Phi) is 3.00. The minimum absolute atomic E-state index is 0.367. The molecule has 72 valence electrons. The largest absolute Gasteiger partial charge is 0.381 e. The van der Waals surface area contributed by atoms with Crippen molar-refractivity contribution in [3.63, 3.8) is 0 Å². The number of rotatable bonds is 3. The molecule has 0 saturated heterocycles. The second-order valence-electron chi connectivity index (χ2n) is 3.22. The molecule has 0 radical (unpaired) electrons. The molecule has 0 aliphatic carbocycles. The number of amides is 1. The molecule has 0 aliphatic heterocycles. The van der Waals surface area contributed by atoms with E-state index >= 15 is 0 Å². The van der Waals surface area contributed by atoms with Crippen molar-refractivity contribution in [1.82, 2.24) is 10.3 Å². The van der Waals surface area contributed by atoms with Gasteiger partial charge in [-0.15, -0.1) is 11.3 Å². The Morgan fingerprint density at radius 2 is 2.46 bits per heavy atom. The van der Waals surface area contributed by atoms with Crippen LogP contribution in [-0.2, 0) is 11.3 Å². The summed E-state index contributed by atoms with van der Waals surface area (Å²) in [6, 6.07) is 0. The molecule has 0 saturated carbocycles. The van der Waals surface area contributed by atoms with E-state index in [-0.39, 0.29) is 5.91 Å². The Balaban J connectivity index is 2.40. The van der Waals surface area contributed by atoms with Gasteiger partial charge in [0.1, 0.15) is 5.60 Å². The number of aliphatic hydroxyl groups is 1. The van der Waals surface area contributed by atoms with Crippen molar-refractivity contribution in [3.8, 4) is 0 Å². The van der Waals surface area contributed by atoms with Crippen molar-refractivity contribution in [2.75, 3.05) is 0 Å². The monoisotopic (exact) mass is 200 g/mol. The van der Waals surface area contributed by atoms with Gasteiger partial charge in [0.2, 0.25) is 0 Å². The van der Waals surface area contributed by atoms with Crippen molar-refractivity contribution in [2.45, 2.75) is 26.0 Å². The number of thiazole rings is 1. The fraction of sp³-hybridized carbons (Fsp3) is 0.500. The summed E-state index contributed by atoms with van der Waals surface area (Å²) < 4.78 is 0. The smallest absolute Gasteiger partial charge is 0.251 e. The van der Waals surface area contributed by atoms with Crippen LogP contribution in [-0.4, -0.2) is 21.6 Å². The predicted molar refractivity (Wildman–Crippen MR) is 50.3 cm³/mol. The molecule has 0 aliphatic rings. The highest BCUT2D eigenvalue weighted by Crippen LogP contribution is 2.03. The van der Waals surface area contributed by atoms with Crippen LogP contribution >= 0.6 is 11.3 Å². The zero-order chi connectivity index (χ0) is 9.90. The summed E-state index contributed by atoms with van der Waals surface area (Å²) in [5.41, 5.74) is 1.18. The van der Waals surface area contributed by atoms with Crippen molar-refractivity contribution in [2.24, 2.45) is 0 Å². The lowest BCUT2D eigenvalue weighted by Crippen LogP contribution is -2.41. The lowest BCUT2D eigenvalue weighted by Gasteiger charge is -2.15. The Hall–Kier alpha value is -0.940. The van der Waals surface area contributed by atoms with Crippen LogP contribution in [0, 0.1) is 0 Å². The zero-order valence-corrected chi connectivity index (χ0v) is 8.39. The average molecular weight is 200 g/mol. The molecule has 0 aromatic carbocycles. The predicted octanol–water partition coefficient (Wildman–Crippen LogP) is 0.530. The molecule has 0 atom stereocenters. The summed E-state index contributed by atoms with van der Waals surface area (Å²) >= 11 is 1.47. The molecule has 4 nitrogen and oxygen atoms in total. The number of nitrogens with zero attached hydrogens (tertiary/aromatic N) is 1. The molecule has 0 spiro atoms. The van der Waals surface area contributed by atoms with Gasteiger partial charge < -0.3 is 10.4 Å². The van der Waals surface area contributed by atoms with Crippen LogP contribution in [0.3, 0.4) is 0 Å². The summed E-state index contributed by atoms with van der Waals surface area (Å²) in [7, 11) is 0. The number of aromatic nitrogens is 1. The standard InChI is InChI=1S/C8H12N2O2S/c1-8(2,12)7(11)9-3-6-4-13-5-10-6/h4-5,12H,3H2,1-2H3,(H,9,11). The minimum atomic E-state index is -1.32. The van der Waals surface area contributed by atoms with Gasteiger partial charge in [-0.25, -0.2) is 4.98 Å². The molecule has 1 aromatic heterocycles. The van der Waals surface area contributed by atoms with Gasteiger partial charge in [-0.1, -0.05) is 0 Å². The lowest BCUT2D eigenvalue weighted by atomic mass is 10.1. The van der Waals surface area contributed by atoms with Crippen molar-refractivity contribution in [3.05, 3.63) is 16.6 Å². The molecule has 1 aromatic rings. The Morgan fingerprint density at radius 1 is 1.77 bits per heavy atom. The van der Waals surface area contributed by atoms with E-state index < -0.39 is 5.60 Å². The third-order valence-corrected chi connectivity index (χ3v) is 2.10. The number of nitrogens with one attached hydrogen (secondary N) is 1. The molecule has 1 rings (SSSR count). The van der Waals surface area contributed by atoms with E-state index in [9.17, 15) is 9.90 Å². The van der Waals surface area contributed by atoms with E-state index in [1.165, 1.54) is 25.2 Å². The third-order valence-electron chi connectivity index (χ3n) is 1.47. The lowest BCUT2D eigenvalue weighted by molar-refractivity contribution is -0.136. The number of hydrogen-bond donors (Lipinski definition) is 2. The van der Waals surface area contributed by atoms with Gasteiger partial charge in [0.05, 0.1) is 17.7 Å². The van der Waals surface area contributed by atoms with Gasteiger partial charge in [-0.05, 0) is 13.8 Å². The molecular formula is C8H12N2O2S. The van der Waals surface area contributed by atoms with E-state index in [0.717, 1.165) is 5.69 Å². The summed E-state index contributed by atoms with van der Waals surface area (Å²) in [5, 5.41) is 13.7. The molecule has 0 unspecified atom stereocenters. The van der Waals surface area contributed by atoms with E-state index in [1.54, 1.807) is 5.51 Å². The number of hydrogen-bond acceptors (Lipinski definition) is 4. The topological polar surface area (TPSA) is 62.2 Å². The second kappa shape index (κ2) is 3.85. The molecule has 5 heteroatoms. The van der Waals surface area contributed by atoms with E-state index in [1.807, 2.05) is 5.38 Å². The SMILES string of the molecule is CC(C)(O)C(=O)NCc1cscn1. The first-order chi connectivity index (χ1) is 6.00. The highest BCUT2D eigenvalue weighted by molar-refractivity contribution is 7.07. The third kappa shape index (κ3) is 3.12. The maximum Gasteiger partial charge on any atom is 0.251 e. The number of carbonyl (C=O) groups is 1. The normalized spacial score (nSPS) is 11.3. The van der Waals surface area contributed by atoms with Crippen LogP contribution in [0.15, 0.2) is 10.9 Å². The Bertz CT molecular complexity index is 277. The van der Waals surface area contributed by atoms with Crippen LogP contribution < -0.4 is 5.32 Å². The van der Waals surface area contributed by atoms with Crippen LogP contribution in [0.5, 0.6) is 0 Å². The first kappa shape index (κ1) is 10.1. The van der Waals surface area contributed by atoms with Gasteiger partial charge in [0.25, 0.3) is 5.91 Å². The molecule has 1 amide bonds. The average Bonchev–Trinajstić information content (AvgIpc) is 2.50. The fourth-order valence-electron chi connectivity index (χ4n) is 0.712. The van der Waals surface area contributed by atoms with Gasteiger partial charge in [-0.2, -0.15) is 0 Å². The maximum atomic E-state index is 11.2. The quantitative estimate of drug-likeness (QED) is 0.748. The van der Waals surface area contributed by atoms with Gasteiger partial charge in [0, 0.05) is 5.38 Å². The maximum absolute atomic E-state index is 11.2. The van der Waals surface area contributed by atoms with Gasteiger partial charge in [0.15, 0.2) is 0 Å². The van der Waals surface area contributed by atoms with Gasteiger partial charge >= 0.3 is 0 Å². The van der Waals surface area contributed by atoms with Crippen LogP contribution in [0.2, 0.25) is 0 Å². The Morgan fingerprint density at radius 3 is 2.92 bits per heavy atom. The molecule has 1 heterocycles. The van der Waals surface area contributed by atoms with E-state index in [0.29, 0.717) is 6.54 Å². The van der Waals surface area contributed by atoms with Gasteiger partial charge in [-0.3, -0.25) is 4.79 Å². The van der Waals surface area contributed by atoms with E-state index in [2.05, 4.69) is 10.3 Å². The first-order valence-corrected chi connectivity index (χ1v) is 4.82. The Labute approximate surface area is 80.6 Å².